The van der Waals surface area contributed by atoms with Crippen LogP contribution in [0.25, 0.3) is 111 Å². The van der Waals surface area contributed by atoms with Crippen LogP contribution in [0.5, 0.6) is 0 Å². The quantitative estimate of drug-likeness (QED) is 0.171. The Morgan fingerprint density at radius 2 is 0.684 bits per heavy atom. The second-order valence-corrected chi connectivity index (χ2v) is 14.4. The van der Waals surface area contributed by atoms with Crippen LogP contribution in [0, 0.1) is 0 Å². The second-order valence-electron chi connectivity index (χ2n) is 14.4. The molecule has 9 aromatic carbocycles. The Bertz CT molecular complexity index is 3130. The molecule has 0 bridgehead atoms. The highest BCUT2D eigenvalue weighted by Gasteiger charge is 2.16. The summed E-state index contributed by atoms with van der Waals surface area (Å²) in [5.41, 5.74) is 11.4. The zero-order valence-corrected chi connectivity index (χ0v) is 30.8. The summed E-state index contributed by atoms with van der Waals surface area (Å²) < 4.78 is 6.19. The fourth-order valence-corrected chi connectivity index (χ4v) is 7.94. The summed E-state index contributed by atoms with van der Waals surface area (Å²) in [4.78, 5) is 15.2. The zero-order chi connectivity index (χ0) is 37.7. The fraction of sp³-hybridized carbons (Fsp3) is 0. The van der Waals surface area contributed by atoms with Crippen molar-refractivity contribution in [3.8, 4) is 67.5 Å². The number of para-hydroxylation sites is 1. The molecule has 0 spiro atoms. The van der Waals surface area contributed by atoms with Gasteiger partial charge in [-0.2, -0.15) is 0 Å². The molecule has 0 unspecified atom stereocenters. The molecule has 0 fully saturated rings. The number of benzene rings is 9. The molecule has 4 nitrogen and oxygen atoms in total. The topological polar surface area (TPSA) is 51.8 Å². The molecular formula is C53H33N3O. The summed E-state index contributed by atoms with van der Waals surface area (Å²) in [6.45, 7) is 0. The molecule has 57 heavy (non-hydrogen) atoms. The van der Waals surface area contributed by atoms with Gasteiger partial charge in [-0.3, -0.25) is 0 Å². The van der Waals surface area contributed by atoms with Crippen molar-refractivity contribution in [3.63, 3.8) is 0 Å². The number of furan rings is 1. The van der Waals surface area contributed by atoms with Crippen molar-refractivity contribution < 1.29 is 4.42 Å². The van der Waals surface area contributed by atoms with Gasteiger partial charge in [-0.1, -0.05) is 176 Å². The van der Waals surface area contributed by atoms with Crippen LogP contribution >= 0.6 is 0 Å². The van der Waals surface area contributed by atoms with E-state index in [4.69, 9.17) is 19.4 Å². The van der Waals surface area contributed by atoms with Gasteiger partial charge in [0.25, 0.3) is 0 Å². The van der Waals surface area contributed by atoms with E-state index in [1.165, 1.54) is 32.7 Å². The van der Waals surface area contributed by atoms with E-state index >= 15 is 0 Å². The molecule has 11 aromatic rings. The first-order chi connectivity index (χ1) is 28.2. The van der Waals surface area contributed by atoms with Crippen molar-refractivity contribution in [2.75, 3.05) is 0 Å². The summed E-state index contributed by atoms with van der Waals surface area (Å²) >= 11 is 0. The van der Waals surface area contributed by atoms with Crippen LogP contribution in [-0.4, -0.2) is 15.0 Å². The predicted octanol–water partition coefficient (Wildman–Crippen LogP) is 14.1. The van der Waals surface area contributed by atoms with Gasteiger partial charge in [0.05, 0.1) is 0 Å². The Morgan fingerprint density at radius 1 is 0.281 bits per heavy atom. The van der Waals surface area contributed by atoms with E-state index < -0.39 is 0 Å². The summed E-state index contributed by atoms with van der Waals surface area (Å²) in [6, 6.07) is 70.1. The minimum absolute atomic E-state index is 0.616. The lowest BCUT2D eigenvalue weighted by Gasteiger charge is -2.11. The van der Waals surface area contributed by atoms with Crippen molar-refractivity contribution in [3.05, 3.63) is 200 Å². The van der Waals surface area contributed by atoms with Gasteiger partial charge >= 0.3 is 0 Å². The monoisotopic (exact) mass is 727 g/mol. The molecular weight excluding hydrogens is 695 g/mol. The maximum Gasteiger partial charge on any atom is 0.164 e. The zero-order valence-electron chi connectivity index (χ0n) is 30.8. The van der Waals surface area contributed by atoms with Crippen molar-refractivity contribution in [1.29, 1.82) is 0 Å². The molecule has 0 radical (unpaired) electrons. The first-order valence-electron chi connectivity index (χ1n) is 19.2. The molecule has 11 rings (SSSR count). The lowest BCUT2D eigenvalue weighted by Crippen LogP contribution is -2.00. The van der Waals surface area contributed by atoms with Gasteiger partial charge in [0.1, 0.15) is 11.2 Å². The maximum absolute atomic E-state index is 6.19. The minimum atomic E-state index is 0.616. The molecule has 266 valence electrons. The SMILES string of the molecule is c1ccc2cc(-c3ccc(-c4nc(-c5ccc(-c6ccc7ccccc7c6)cc5)nc(-c5ccc(-c6cccc7oc8ccccc8c67)cc5)n4)cc3)ccc2c1. The molecule has 4 heteroatoms. The van der Waals surface area contributed by atoms with Crippen LogP contribution in [0.1, 0.15) is 0 Å². The first-order valence-corrected chi connectivity index (χ1v) is 19.2. The summed E-state index contributed by atoms with van der Waals surface area (Å²) in [5.74, 6) is 1.86. The van der Waals surface area contributed by atoms with Gasteiger partial charge in [-0.25, -0.2) is 15.0 Å². The number of fused-ring (bicyclic) bond motifs is 5. The Hall–Kier alpha value is -7.69. The van der Waals surface area contributed by atoms with E-state index in [1.807, 2.05) is 18.2 Å². The van der Waals surface area contributed by atoms with Crippen LogP contribution in [-0.2, 0) is 0 Å². The Labute approximate surface area is 329 Å². The second kappa shape index (κ2) is 13.6. The number of hydrogen-bond donors (Lipinski definition) is 0. The molecule has 0 aliphatic heterocycles. The van der Waals surface area contributed by atoms with E-state index in [0.29, 0.717) is 17.5 Å². The van der Waals surface area contributed by atoms with Crippen molar-refractivity contribution in [1.82, 2.24) is 15.0 Å². The Kier molecular flexibility index (Phi) is 7.78. The molecule has 0 N–H and O–H groups in total. The molecule has 0 saturated heterocycles. The molecule has 0 aliphatic carbocycles. The van der Waals surface area contributed by atoms with Crippen LogP contribution in [0.2, 0.25) is 0 Å². The standard InChI is InChI=1S/C53H33N3O/c1-3-10-42-32-44(30-20-34(42)8-1)36-16-24-39(25-17-36)51-54-52(40-26-18-37(19-27-40)45-31-21-35-9-2-4-11-43(35)33-45)56-53(55-51)41-28-22-38(23-29-41)46-13-7-15-49-50(46)47-12-5-6-14-48(47)57-49/h1-33H. The van der Waals surface area contributed by atoms with Crippen LogP contribution < -0.4 is 0 Å². The molecule has 0 amide bonds. The highest BCUT2D eigenvalue weighted by Crippen LogP contribution is 2.37. The third-order valence-electron chi connectivity index (χ3n) is 10.9. The van der Waals surface area contributed by atoms with Crippen molar-refractivity contribution in [2.45, 2.75) is 0 Å². The lowest BCUT2D eigenvalue weighted by atomic mass is 9.98. The smallest absolute Gasteiger partial charge is 0.164 e. The van der Waals surface area contributed by atoms with Crippen LogP contribution in [0.15, 0.2) is 205 Å². The Balaban J connectivity index is 0.982. The van der Waals surface area contributed by atoms with Gasteiger partial charge in [-0.05, 0) is 79.2 Å². The number of nitrogens with zero attached hydrogens (tertiary/aromatic N) is 3. The van der Waals surface area contributed by atoms with Gasteiger partial charge in [0.2, 0.25) is 0 Å². The first kappa shape index (κ1) is 32.7. The van der Waals surface area contributed by atoms with Gasteiger partial charge in [0.15, 0.2) is 17.5 Å². The summed E-state index contributed by atoms with van der Waals surface area (Å²) in [5, 5.41) is 7.13. The number of rotatable bonds is 6. The largest absolute Gasteiger partial charge is 0.456 e. The lowest BCUT2D eigenvalue weighted by molar-refractivity contribution is 0.669. The maximum atomic E-state index is 6.19. The summed E-state index contributed by atoms with van der Waals surface area (Å²) in [6.07, 6.45) is 0. The van der Waals surface area contributed by atoms with E-state index in [1.54, 1.807) is 0 Å². The van der Waals surface area contributed by atoms with Gasteiger partial charge < -0.3 is 4.42 Å². The van der Waals surface area contributed by atoms with E-state index in [9.17, 15) is 0 Å². The average Bonchev–Trinajstić information content (AvgIpc) is 3.68. The summed E-state index contributed by atoms with van der Waals surface area (Å²) in [7, 11) is 0. The van der Waals surface area contributed by atoms with Crippen molar-refractivity contribution in [2.24, 2.45) is 0 Å². The number of aromatic nitrogens is 3. The van der Waals surface area contributed by atoms with Gasteiger partial charge in [-0.15, -0.1) is 0 Å². The Morgan fingerprint density at radius 3 is 1.21 bits per heavy atom. The third-order valence-corrected chi connectivity index (χ3v) is 10.9. The minimum Gasteiger partial charge on any atom is -0.456 e. The third kappa shape index (κ3) is 6.01. The molecule has 0 atom stereocenters. The van der Waals surface area contributed by atoms with E-state index in [-0.39, 0.29) is 0 Å². The van der Waals surface area contributed by atoms with Gasteiger partial charge in [0, 0.05) is 27.5 Å². The average molecular weight is 728 g/mol. The number of hydrogen-bond acceptors (Lipinski definition) is 4. The molecule has 2 aromatic heterocycles. The highest BCUT2D eigenvalue weighted by atomic mass is 16.3. The normalized spacial score (nSPS) is 11.5. The molecule has 2 heterocycles. The fourth-order valence-electron chi connectivity index (χ4n) is 7.94. The van der Waals surface area contributed by atoms with Crippen molar-refractivity contribution >= 4 is 43.5 Å². The van der Waals surface area contributed by atoms with Crippen LogP contribution in [0.4, 0.5) is 0 Å². The molecule has 0 aliphatic rings. The molecule has 0 saturated carbocycles. The predicted molar refractivity (Wildman–Crippen MR) is 235 cm³/mol. The van der Waals surface area contributed by atoms with E-state index in [0.717, 1.165) is 60.9 Å². The highest BCUT2D eigenvalue weighted by molar-refractivity contribution is 6.12. The van der Waals surface area contributed by atoms with Crippen LogP contribution in [0.3, 0.4) is 0 Å². The van der Waals surface area contributed by atoms with E-state index in [2.05, 4.69) is 182 Å².